The molecule has 0 saturated heterocycles. The van der Waals surface area contributed by atoms with Crippen LogP contribution in [0.15, 0.2) is 164 Å². The van der Waals surface area contributed by atoms with E-state index in [2.05, 4.69) is 94.7 Å². The lowest BCUT2D eigenvalue weighted by atomic mass is 10.1. The van der Waals surface area contributed by atoms with E-state index < -0.39 is 7.92 Å². The van der Waals surface area contributed by atoms with Crippen molar-refractivity contribution in [2.75, 3.05) is 9.80 Å². The van der Waals surface area contributed by atoms with Gasteiger partial charge in [-0.15, -0.1) is 0 Å². The summed E-state index contributed by atoms with van der Waals surface area (Å²) in [6.45, 7) is 0. The standard InChI is InChI=1S/C40H27N4O2P/c1-2-14-28(15-3-1)47(39-26-12-24-37(41-39)43-29-16-4-8-20-33(29)45-34-21-9-5-17-30(34)43)40-27-13-25-38(42-40)44-31-18-6-10-22-35(31)46-36-23-11-7-19-32(36)44/h1-27H. The number of fused-ring (bicyclic) bond motifs is 4. The number of ether oxygens (including phenoxy) is 2. The zero-order chi connectivity index (χ0) is 31.2. The number of nitrogens with zero attached hydrogens (tertiary/aromatic N) is 4. The van der Waals surface area contributed by atoms with E-state index in [1.165, 1.54) is 5.30 Å². The van der Waals surface area contributed by atoms with Crippen LogP contribution in [0, 0.1) is 0 Å². The lowest BCUT2D eigenvalue weighted by Gasteiger charge is -2.33. The zero-order valence-electron chi connectivity index (χ0n) is 25.1. The van der Waals surface area contributed by atoms with E-state index in [1.54, 1.807) is 0 Å². The normalized spacial score (nSPS) is 12.7. The van der Waals surface area contributed by atoms with E-state index in [-0.39, 0.29) is 0 Å². The molecule has 0 fully saturated rings. The van der Waals surface area contributed by atoms with Crippen LogP contribution in [-0.4, -0.2) is 9.97 Å². The molecular weight excluding hydrogens is 599 g/mol. The summed E-state index contributed by atoms with van der Waals surface area (Å²) < 4.78 is 12.6. The van der Waals surface area contributed by atoms with Crippen LogP contribution in [0.3, 0.4) is 0 Å². The average Bonchev–Trinajstić information content (AvgIpc) is 3.13. The molecule has 7 heteroatoms. The lowest BCUT2D eigenvalue weighted by molar-refractivity contribution is 0.476. The molecule has 2 aromatic heterocycles. The highest BCUT2D eigenvalue weighted by molar-refractivity contribution is 7.79. The summed E-state index contributed by atoms with van der Waals surface area (Å²) >= 11 is 0. The topological polar surface area (TPSA) is 50.7 Å². The van der Waals surface area contributed by atoms with Crippen molar-refractivity contribution in [2.45, 2.75) is 0 Å². The van der Waals surface area contributed by atoms with Crippen LogP contribution >= 0.6 is 7.92 Å². The van der Waals surface area contributed by atoms with E-state index in [0.717, 1.165) is 68.3 Å². The second-order valence-electron chi connectivity index (χ2n) is 11.1. The molecule has 9 rings (SSSR count). The first-order valence-electron chi connectivity index (χ1n) is 15.4. The first-order valence-corrected chi connectivity index (χ1v) is 16.8. The number of benzene rings is 5. The third kappa shape index (κ3) is 4.78. The fourth-order valence-corrected chi connectivity index (χ4v) is 8.29. The molecule has 0 bridgehead atoms. The van der Waals surface area contributed by atoms with Crippen LogP contribution < -0.4 is 35.4 Å². The van der Waals surface area contributed by atoms with Crippen LogP contribution in [-0.2, 0) is 0 Å². The Bertz CT molecular complexity index is 2030. The lowest BCUT2D eigenvalue weighted by Crippen LogP contribution is -2.27. The van der Waals surface area contributed by atoms with E-state index in [1.807, 2.05) is 78.9 Å². The first-order chi connectivity index (χ1) is 23.3. The van der Waals surface area contributed by atoms with Crippen molar-refractivity contribution in [3.8, 4) is 23.0 Å². The molecule has 47 heavy (non-hydrogen) atoms. The molecule has 224 valence electrons. The molecule has 0 N–H and O–H groups in total. The van der Waals surface area contributed by atoms with Crippen LogP contribution in [0.5, 0.6) is 23.0 Å². The zero-order valence-corrected chi connectivity index (χ0v) is 26.0. The molecule has 0 radical (unpaired) electrons. The Hall–Kier alpha value is -5.97. The van der Waals surface area contributed by atoms with E-state index in [9.17, 15) is 0 Å². The summed E-state index contributed by atoms with van der Waals surface area (Å²) in [6.07, 6.45) is 0. The van der Waals surface area contributed by atoms with Gasteiger partial charge in [-0.2, -0.15) is 0 Å². The average molecular weight is 627 g/mol. The van der Waals surface area contributed by atoms with Crippen LogP contribution in [0.4, 0.5) is 34.4 Å². The van der Waals surface area contributed by atoms with Crippen molar-refractivity contribution in [3.63, 3.8) is 0 Å². The van der Waals surface area contributed by atoms with Gasteiger partial charge in [0.15, 0.2) is 23.0 Å². The summed E-state index contributed by atoms with van der Waals surface area (Å²) in [4.78, 5) is 15.1. The van der Waals surface area contributed by atoms with Crippen molar-refractivity contribution in [3.05, 3.63) is 164 Å². The van der Waals surface area contributed by atoms with Crippen LogP contribution in [0.1, 0.15) is 0 Å². The second-order valence-corrected chi connectivity index (χ2v) is 13.2. The van der Waals surface area contributed by atoms with Gasteiger partial charge in [0.1, 0.15) is 11.6 Å². The summed E-state index contributed by atoms with van der Waals surface area (Å²) in [5, 5.41) is 1.17. The van der Waals surface area contributed by atoms with Crippen molar-refractivity contribution in [2.24, 2.45) is 0 Å². The Morgan fingerprint density at radius 1 is 0.362 bits per heavy atom. The maximum absolute atomic E-state index is 6.28. The Balaban J connectivity index is 1.19. The summed E-state index contributed by atoms with van der Waals surface area (Å²) in [5.74, 6) is 4.82. The molecule has 4 heterocycles. The van der Waals surface area contributed by atoms with Gasteiger partial charge in [-0.3, -0.25) is 9.80 Å². The van der Waals surface area contributed by atoms with Crippen LogP contribution in [0.25, 0.3) is 0 Å². The van der Waals surface area contributed by atoms with Gasteiger partial charge in [-0.1, -0.05) is 91.0 Å². The van der Waals surface area contributed by atoms with Gasteiger partial charge >= 0.3 is 0 Å². The molecule has 0 amide bonds. The minimum atomic E-state index is -1.13. The molecule has 2 aliphatic heterocycles. The van der Waals surface area contributed by atoms with E-state index in [4.69, 9.17) is 19.4 Å². The fraction of sp³-hybridized carbons (Fsp3) is 0. The molecule has 0 aliphatic carbocycles. The quantitative estimate of drug-likeness (QED) is 0.178. The molecule has 0 saturated carbocycles. The summed E-state index contributed by atoms with van der Waals surface area (Å²) in [5.41, 5.74) is 5.71. The Morgan fingerprint density at radius 2 is 0.723 bits per heavy atom. The largest absolute Gasteiger partial charge is 0.453 e. The first kappa shape index (κ1) is 27.3. The molecular formula is C40H27N4O2P. The van der Waals surface area contributed by atoms with Crippen molar-refractivity contribution < 1.29 is 9.47 Å². The highest BCUT2D eigenvalue weighted by atomic mass is 31.1. The fourth-order valence-electron chi connectivity index (χ4n) is 6.18. The number of pyridine rings is 2. The SMILES string of the molecule is c1ccc(P(c2cccc(N3c4ccccc4Oc4ccccc43)n2)c2cccc(N3c4ccccc4Oc4ccccc43)n2)cc1. The van der Waals surface area contributed by atoms with Gasteiger partial charge in [-0.25, -0.2) is 9.97 Å². The molecule has 2 aliphatic rings. The molecule has 0 spiro atoms. The summed E-state index contributed by atoms with van der Waals surface area (Å²) in [6, 6.07) is 55.5. The number of para-hydroxylation sites is 8. The molecule has 6 nitrogen and oxygen atoms in total. The van der Waals surface area contributed by atoms with E-state index >= 15 is 0 Å². The van der Waals surface area contributed by atoms with Gasteiger partial charge < -0.3 is 9.47 Å². The Labute approximate surface area is 273 Å². The third-order valence-corrected chi connectivity index (χ3v) is 10.5. The van der Waals surface area contributed by atoms with Gasteiger partial charge in [0.2, 0.25) is 0 Å². The predicted octanol–water partition coefficient (Wildman–Crippen LogP) is 9.39. The summed E-state index contributed by atoms with van der Waals surface area (Å²) in [7, 11) is -1.13. The Kier molecular flexibility index (Phi) is 6.65. The minimum Gasteiger partial charge on any atom is -0.453 e. The number of anilines is 6. The van der Waals surface area contributed by atoms with Crippen LogP contribution in [0.2, 0.25) is 0 Å². The highest BCUT2D eigenvalue weighted by Crippen LogP contribution is 2.51. The molecule has 0 atom stereocenters. The van der Waals surface area contributed by atoms with Gasteiger partial charge in [0, 0.05) is 7.92 Å². The third-order valence-electron chi connectivity index (χ3n) is 8.23. The van der Waals surface area contributed by atoms with E-state index in [0.29, 0.717) is 0 Å². The maximum atomic E-state index is 6.28. The van der Waals surface area contributed by atoms with Crippen molar-refractivity contribution in [1.82, 2.24) is 9.97 Å². The van der Waals surface area contributed by atoms with Gasteiger partial charge in [0.05, 0.1) is 33.6 Å². The second kappa shape index (κ2) is 11.4. The van der Waals surface area contributed by atoms with Gasteiger partial charge in [-0.05, 0) is 78.1 Å². The smallest absolute Gasteiger partial charge is 0.151 e. The Morgan fingerprint density at radius 3 is 1.13 bits per heavy atom. The number of hydrogen-bond donors (Lipinski definition) is 0. The highest BCUT2D eigenvalue weighted by Gasteiger charge is 2.30. The number of aromatic nitrogens is 2. The number of rotatable bonds is 5. The molecule has 7 aromatic rings. The van der Waals surface area contributed by atoms with Crippen molar-refractivity contribution in [1.29, 1.82) is 0 Å². The monoisotopic (exact) mass is 626 g/mol. The van der Waals surface area contributed by atoms with Crippen molar-refractivity contribution >= 4 is 58.5 Å². The predicted molar refractivity (Wildman–Crippen MR) is 190 cm³/mol. The molecule has 0 unspecified atom stereocenters. The van der Waals surface area contributed by atoms with Gasteiger partial charge in [0.25, 0.3) is 0 Å². The number of hydrogen-bond acceptors (Lipinski definition) is 6. The molecule has 5 aromatic carbocycles. The minimum absolute atomic E-state index is 0.796. The maximum Gasteiger partial charge on any atom is 0.151 e.